The fourth-order valence-corrected chi connectivity index (χ4v) is 5.55. The second-order valence-corrected chi connectivity index (χ2v) is 14.5. The Hall–Kier alpha value is -4.09. The molecule has 0 aliphatic carbocycles. The fraction of sp³-hybridized carbons (Fsp3) is 0.206. The summed E-state index contributed by atoms with van der Waals surface area (Å²) in [5.41, 5.74) is 4.15. The van der Waals surface area contributed by atoms with Crippen LogP contribution in [0.4, 0.5) is 22.0 Å². The highest BCUT2D eigenvalue weighted by Gasteiger charge is 2.22. The van der Waals surface area contributed by atoms with Crippen LogP contribution >= 0.6 is 46.6 Å². The summed E-state index contributed by atoms with van der Waals surface area (Å²) >= 11 is 18.4. The molecule has 0 saturated heterocycles. The van der Waals surface area contributed by atoms with E-state index in [1.165, 1.54) is 18.1 Å². The highest BCUT2D eigenvalue weighted by Crippen LogP contribution is 2.37. The Kier molecular flexibility index (Phi) is 11.1. The second-order valence-electron chi connectivity index (χ2n) is 10.9. The van der Waals surface area contributed by atoms with E-state index in [4.69, 9.17) is 44.5 Å². The number of hydrogen-bond acceptors (Lipinski definition) is 8. The molecule has 1 atom stereocenters. The first-order chi connectivity index (χ1) is 22.4. The third-order valence-electron chi connectivity index (χ3n) is 6.95. The van der Waals surface area contributed by atoms with Crippen molar-refractivity contribution in [2.24, 2.45) is 0 Å². The standard InChI is InChI=1S/C34H31Cl3N6O3S/c1-20(2)27-15-14-26-30(42-27)38-19-39-31(26)43-28-17-23(32(44)40-21(3)22-7-5-4-6-8-22)9-16-29(28)47-25-12-10-24(11-13-25)41-33(45)46-18-34(35,36)37/h4-17,19-21H,18H2,1-3H3,(H,40,44)(H,41,45)(H,38,39,42,43). The van der Waals surface area contributed by atoms with Gasteiger partial charge in [0.1, 0.15) is 18.8 Å². The van der Waals surface area contributed by atoms with E-state index in [1.54, 1.807) is 24.3 Å². The molecule has 0 fully saturated rings. The summed E-state index contributed by atoms with van der Waals surface area (Å²) in [6.45, 7) is 5.71. The van der Waals surface area contributed by atoms with Crippen LogP contribution in [0.3, 0.4) is 0 Å². The predicted octanol–water partition coefficient (Wildman–Crippen LogP) is 9.45. The van der Waals surface area contributed by atoms with Crippen molar-refractivity contribution in [1.29, 1.82) is 0 Å². The lowest BCUT2D eigenvalue weighted by molar-refractivity contribution is 0.0939. The van der Waals surface area contributed by atoms with Crippen molar-refractivity contribution in [3.8, 4) is 0 Å². The number of alkyl halides is 3. The van der Waals surface area contributed by atoms with Gasteiger partial charge in [0.2, 0.25) is 3.79 Å². The number of nitrogens with one attached hydrogen (secondary N) is 3. The zero-order valence-corrected chi connectivity index (χ0v) is 28.7. The highest BCUT2D eigenvalue weighted by molar-refractivity contribution is 7.99. The first-order valence-corrected chi connectivity index (χ1v) is 16.6. The number of halogens is 3. The van der Waals surface area contributed by atoms with Gasteiger partial charge in [-0.1, -0.05) is 90.7 Å². The number of ether oxygens (including phenoxy) is 1. The largest absolute Gasteiger partial charge is 0.445 e. The highest BCUT2D eigenvalue weighted by atomic mass is 35.6. The van der Waals surface area contributed by atoms with E-state index >= 15 is 0 Å². The summed E-state index contributed by atoms with van der Waals surface area (Å²) in [4.78, 5) is 40.8. The number of carbonyl (C=O) groups excluding carboxylic acids is 2. The van der Waals surface area contributed by atoms with Gasteiger partial charge in [0.15, 0.2) is 5.65 Å². The summed E-state index contributed by atoms with van der Waals surface area (Å²) in [5.74, 6) is 0.590. The molecule has 5 rings (SSSR count). The number of pyridine rings is 1. The zero-order valence-electron chi connectivity index (χ0n) is 25.6. The number of amides is 2. The summed E-state index contributed by atoms with van der Waals surface area (Å²) in [5, 5.41) is 9.86. The topological polar surface area (TPSA) is 118 Å². The van der Waals surface area contributed by atoms with E-state index in [0.717, 1.165) is 26.4 Å². The molecule has 242 valence electrons. The molecule has 0 aliphatic rings. The first kappa shape index (κ1) is 34.3. The van der Waals surface area contributed by atoms with Gasteiger partial charge in [-0.3, -0.25) is 10.1 Å². The molecule has 0 aliphatic heterocycles. The molecule has 2 aromatic heterocycles. The maximum absolute atomic E-state index is 13.4. The number of rotatable bonds is 10. The van der Waals surface area contributed by atoms with Crippen molar-refractivity contribution in [3.63, 3.8) is 0 Å². The Morgan fingerprint density at radius 1 is 0.915 bits per heavy atom. The minimum absolute atomic E-state index is 0.187. The molecule has 3 aromatic carbocycles. The Balaban J connectivity index is 1.41. The van der Waals surface area contributed by atoms with Crippen LogP contribution in [0.5, 0.6) is 0 Å². The predicted molar refractivity (Wildman–Crippen MR) is 189 cm³/mol. The van der Waals surface area contributed by atoms with Crippen LogP contribution in [0, 0.1) is 0 Å². The van der Waals surface area contributed by atoms with Gasteiger partial charge >= 0.3 is 6.09 Å². The Labute approximate surface area is 291 Å². The van der Waals surface area contributed by atoms with E-state index in [-0.39, 0.29) is 24.5 Å². The van der Waals surface area contributed by atoms with Gasteiger partial charge in [-0.05, 0) is 73.0 Å². The molecule has 0 spiro atoms. The quantitative estimate of drug-likeness (QED) is 0.123. The van der Waals surface area contributed by atoms with Crippen LogP contribution in [-0.4, -0.2) is 37.4 Å². The van der Waals surface area contributed by atoms with Gasteiger partial charge in [0.25, 0.3) is 5.91 Å². The van der Waals surface area contributed by atoms with E-state index in [1.807, 2.05) is 67.6 Å². The molecule has 0 bridgehead atoms. The van der Waals surface area contributed by atoms with Crippen LogP contribution in [-0.2, 0) is 4.74 Å². The van der Waals surface area contributed by atoms with Crippen LogP contribution in [0.1, 0.15) is 54.3 Å². The number of anilines is 3. The number of aromatic nitrogens is 3. The van der Waals surface area contributed by atoms with Crippen molar-refractivity contribution >= 4 is 86.8 Å². The smallest absolute Gasteiger partial charge is 0.411 e. The molecule has 5 aromatic rings. The molecule has 2 amide bonds. The van der Waals surface area contributed by atoms with Crippen LogP contribution in [0.15, 0.2) is 101 Å². The average molecular weight is 710 g/mol. The lowest BCUT2D eigenvalue weighted by Crippen LogP contribution is -2.26. The van der Waals surface area contributed by atoms with Gasteiger partial charge in [-0.25, -0.2) is 19.7 Å². The number of carbonyl (C=O) groups is 2. The maximum Gasteiger partial charge on any atom is 0.411 e. The van der Waals surface area contributed by atoms with Crippen molar-refractivity contribution < 1.29 is 14.3 Å². The minimum atomic E-state index is -1.70. The fourth-order valence-electron chi connectivity index (χ4n) is 4.50. The lowest BCUT2D eigenvalue weighted by Gasteiger charge is -2.17. The monoisotopic (exact) mass is 708 g/mol. The molecular weight excluding hydrogens is 679 g/mol. The van der Waals surface area contributed by atoms with E-state index in [2.05, 4.69) is 39.8 Å². The minimum Gasteiger partial charge on any atom is -0.445 e. The van der Waals surface area contributed by atoms with E-state index in [9.17, 15) is 9.59 Å². The Morgan fingerprint density at radius 3 is 2.36 bits per heavy atom. The summed E-state index contributed by atoms with van der Waals surface area (Å²) in [7, 11) is 0. The van der Waals surface area contributed by atoms with Crippen LogP contribution in [0.25, 0.3) is 11.0 Å². The summed E-state index contributed by atoms with van der Waals surface area (Å²) in [6.07, 6.45) is 0.724. The molecule has 3 N–H and O–H groups in total. The molecule has 0 saturated carbocycles. The van der Waals surface area contributed by atoms with Gasteiger partial charge in [0.05, 0.1) is 17.1 Å². The van der Waals surface area contributed by atoms with Gasteiger partial charge in [-0.15, -0.1) is 0 Å². The lowest BCUT2D eigenvalue weighted by atomic mass is 10.1. The van der Waals surface area contributed by atoms with Gasteiger partial charge in [-0.2, -0.15) is 0 Å². The molecular formula is C34H31Cl3N6O3S. The molecule has 9 nitrogen and oxygen atoms in total. The average Bonchev–Trinajstić information content (AvgIpc) is 3.05. The normalized spacial score (nSPS) is 12.1. The molecule has 2 heterocycles. The number of fused-ring (bicyclic) bond motifs is 1. The number of hydrogen-bond donors (Lipinski definition) is 3. The van der Waals surface area contributed by atoms with Crippen molar-refractivity contribution in [3.05, 3.63) is 108 Å². The van der Waals surface area contributed by atoms with Crippen molar-refractivity contribution in [2.45, 2.75) is 46.3 Å². The number of nitrogens with zero attached hydrogens (tertiary/aromatic N) is 3. The Morgan fingerprint density at radius 2 is 1.66 bits per heavy atom. The SMILES string of the molecule is CC(C)c1ccc2c(Nc3cc(C(=O)NC(C)c4ccccc4)ccc3Sc3ccc(NC(=O)OCC(Cl)(Cl)Cl)cc3)ncnc2n1. The van der Waals surface area contributed by atoms with Crippen LogP contribution in [0.2, 0.25) is 0 Å². The van der Waals surface area contributed by atoms with Gasteiger partial charge in [0, 0.05) is 26.7 Å². The molecule has 1 unspecified atom stereocenters. The third kappa shape index (κ3) is 9.48. The van der Waals surface area contributed by atoms with E-state index in [0.29, 0.717) is 28.4 Å². The molecule has 47 heavy (non-hydrogen) atoms. The van der Waals surface area contributed by atoms with Crippen molar-refractivity contribution in [1.82, 2.24) is 20.3 Å². The second kappa shape index (κ2) is 15.2. The van der Waals surface area contributed by atoms with Crippen LogP contribution < -0.4 is 16.0 Å². The first-order valence-electron chi connectivity index (χ1n) is 14.6. The zero-order chi connectivity index (χ0) is 33.6. The summed E-state index contributed by atoms with van der Waals surface area (Å²) in [6, 6.07) is 26.1. The van der Waals surface area contributed by atoms with Gasteiger partial charge < -0.3 is 15.4 Å². The van der Waals surface area contributed by atoms with E-state index < -0.39 is 9.89 Å². The van der Waals surface area contributed by atoms with Crippen molar-refractivity contribution in [2.75, 3.05) is 17.2 Å². The third-order valence-corrected chi connectivity index (χ3v) is 8.36. The Bertz CT molecular complexity index is 1870. The maximum atomic E-state index is 13.4. The molecule has 13 heteroatoms. The number of benzene rings is 3. The summed E-state index contributed by atoms with van der Waals surface area (Å²) < 4.78 is 3.23. The molecule has 0 radical (unpaired) electrons.